The molecule has 26 heavy (non-hydrogen) atoms. The maximum absolute atomic E-state index is 13.6. The van der Waals surface area contributed by atoms with Crippen LogP contribution in [-0.2, 0) is 16.0 Å². The summed E-state index contributed by atoms with van der Waals surface area (Å²) in [6.07, 6.45) is 0.0410. The van der Waals surface area contributed by atoms with Crippen molar-refractivity contribution in [1.82, 2.24) is 0 Å². The third-order valence-corrected chi connectivity index (χ3v) is 3.46. The van der Waals surface area contributed by atoms with Gasteiger partial charge in [0.25, 0.3) is 0 Å². The first kappa shape index (κ1) is 19.4. The fraction of sp³-hybridized carbons (Fsp3) is 0.300. The van der Waals surface area contributed by atoms with Crippen molar-refractivity contribution in [2.45, 2.75) is 26.4 Å². The molecule has 6 heteroatoms. The van der Waals surface area contributed by atoms with Crippen LogP contribution in [0.2, 0.25) is 0 Å². The van der Waals surface area contributed by atoms with E-state index in [0.29, 0.717) is 5.75 Å². The molecular weight excluding hydrogens is 339 g/mol. The summed E-state index contributed by atoms with van der Waals surface area (Å²) in [6.45, 7) is 3.37. The molecule has 0 saturated carbocycles. The van der Waals surface area contributed by atoms with Crippen molar-refractivity contribution in [1.29, 1.82) is 0 Å². The van der Waals surface area contributed by atoms with Gasteiger partial charge in [0.15, 0.2) is 24.0 Å². The van der Waals surface area contributed by atoms with Gasteiger partial charge < -0.3 is 14.2 Å². The number of rotatable bonds is 8. The zero-order valence-electron chi connectivity index (χ0n) is 15.0. The van der Waals surface area contributed by atoms with E-state index in [1.54, 1.807) is 24.3 Å². The molecule has 0 fully saturated rings. The number of ketones is 1. The summed E-state index contributed by atoms with van der Waals surface area (Å²) in [7, 11) is 1.34. The van der Waals surface area contributed by atoms with Gasteiger partial charge in [-0.05, 0) is 49.7 Å². The first-order chi connectivity index (χ1) is 12.4. The number of esters is 1. The van der Waals surface area contributed by atoms with Crippen LogP contribution < -0.4 is 9.47 Å². The number of benzene rings is 2. The number of ether oxygens (including phenoxy) is 3. The van der Waals surface area contributed by atoms with Crippen LogP contribution >= 0.6 is 0 Å². The van der Waals surface area contributed by atoms with Gasteiger partial charge in [-0.1, -0.05) is 12.1 Å². The zero-order chi connectivity index (χ0) is 19.1. The van der Waals surface area contributed by atoms with E-state index < -0.39 is 24.2 Å². The lowest BCUT2D eigenvalue weighted by Crippen LogP contribution is -2.16. The molecule has 0 amide bonds. The standard InChI is InChI=1S/C20H21FO5/c1-13(2)26-16-6-4-5-14(9-16)10-20(23)25-12-18(22)15-7-8-19(24-3)17(21)11-15/h4-9,11,13H,10,12H2,1-3H3. The quantitative estimate of drug-likeness (QED) is 0.532. The molecule has 0 radical (unpaired) electrons. The molecule has 0 atom stereocenters. The summed E-state index contributed by atoms with van der Waals surface area (Å²) in [5, 5.41) is 0. The molecule has 0 saturated heterocycles. The molecule has 2 rings (SSSR count). The number of halogens is 1. The van der Waals surface area contributed by atoms with Crippen LogP contribution in [0.5, 0.6) is 11.5 Å². The highest BCUT2D eigenvalue weighted by molar-refractivity contribution is 5.98. The normalized spacial score (nSPS) is 10.5. The molecule has 0 unspecified atom stereocenters. The molecule has 2 aromatic carbocycles. The highest BCUT2D eigenvalue weighted by Gasteiger charge is 2.13. The fourth-order valence-electron chi connectivity index (χ4n) is 2.29. The monoisotopic (exact) mass is 360 g/mol. The largest absolute Gasteiger partial charge is 0.494 e. The van der Waals surface area contributed by atoms with Gasteiger partial charge in [0.1, 0.15) is 5.75 Å². The van der Waals surface area contributed by atoms with Crippen LogP contribution in [-0.4, -0.2) is 31.6 Å². The van der Waals surface area contributed by atoms with Gasteiger partial charge in [-0.25, -0.2) is 4.39 Å². The lowest BCUT2D eigenvalue weighted by Gasteiger charge is -2.11. The van der Waals surface area contributed by atoms with Crippen molar-refractivity contribution in [3.8, 4) is 11.5 Å². The van der Waals surface area contributed by atoms with E-state index >= 15 is 0 Å². The predicted molar refractivity (Wildman–Crippen MR) is 94.2 cm³/mol. The van der Waals surface area contributed by atoms with Gasteiger partial charge in [-0.2, -0.15) is 0 Å². The highest BCUT2D eigenvalue weighted by atomic mass is 19.1. The number of carbonyl (C=O) groups is 2. The third-order valence-electron chi connectivity index (χ3n) is 3.46. The minimum Gasteiger partial charge on any atom is -0.494 e. The Morgan fingerprint density at radius 3 is 2.54 bits per heavy atom. The molecular formula is C20H21FO5. The Balaban J connectivity index is 1.90. The highest BCUT2D eigenvalue weighted by Crippen LogP contribution is 2.18. The SMILES string of the molecule is COc1ccc(C(=O)COC(=O)Cc2cccc(OC(C)C)c2)cc1F. The summed E-state index contributed by atoms with van der Waals surface area (Å²) >= 11 is 0. The van der Waals surface area contributed by atoms with E-state index in [0.717, 1.165) is 11.6 Å². The first-order valence-electron chi connectivity index (χ1n) is 8.17. The van der Waals surface area contributed by atoms with Crippen molar-refractivity contribution >= 4 is 11.8 Å². The second-order valence-electron chi connectivity index (χ2n) is 5.92. The number of carbonyl (C=O) groups excluding carboxylic acids is 2. The number of Topliss-reactive ketones (excluding diaryl/α,β-unsaturated/α-hetero) is 1. The maximum atomic E-state index is 13.6. The zero-order valence-corrected chi connectivity index (χ0v) is 15.0. The minimum absolute atomic E-state index is 0.0134. The van der Waals surface area contributed by atoms with Gasteiger partial charge in [-0.15, -0.1) is 0 Å². The van der Waals surface area contributed by atoms with E-state index in [-0.39, 0.29) is 23.8 Å². The topological polar surface area (TPSA) is 61.8 Å². The molecule has 0 aliphatic heterocycles. The summed E-state index contributed by atoms with van der Waals surface area (Å²) in [5.41, 5.74) is 0.833. The Morgan fingerprint density at radius 1 is 1.12 bits per heavy atom. The van der Waals surface area contributed by atoms with Crippen molar-refractivity contribution in [3.63, 3.8) is 0 Å². The second-order valence-corrected chi connectivity index (χ2v) is 5.92. The van der Waals surface area contributed by atoms with Crippen LogP contribution in [0.4, 0.5) is 4.39 Å². The first-order valence-corrected chi connectivity index (χ1v) is 8.17. The van der Waals surface area contributed by atoms with Gasteiger partial charge in [0.2, 0.25) is 0 Å². The van der Waals surface area contributed by atoms with Crippen LogP contribution in [0.25, 0.3) is 0 Å². The van der Waals surface area contributed by atoms with Gasteiger partial charge in [0, 0.05) is 5.56 Å². The average molecular weight is 360 g/mol. The van der Waals surface area contributed by atoms with Crippen molar-refractivity contribution in [2.24, 2.45) is 0 Å². The van der Waals surface area contributed by atoms with Crippen LogP contribution in [0.1, 0.15) is 29.8 Å². The summed E-state index contributed by atoms with van der Waals surface area (Å²) < 4.78 is 29.0. The van der Waals surface area contributed by atoms with E-state index in [1.807, 2.05) is 13.8 Å². The molecule has 0 bridgehead atoms. The van der Waals surface area contributed by atoms with Gasteiger partial charge in [0.05, 0.1) is 19.6 Å². The lowest BCUT2D eigenvalue weighted by molar-refractivity contribution is -0.141. The Morgan fingerprint density at radius 2 is 1.88 bits per heavy atom. The lowest BCUT2D eigenvalue weighted by atomic mass is 10.1. The third kappa shape index (κ3) is 5.58. The summed E-state index contributed by atoms with van der Waals surface area (Å²) in [4.78, 5) is 24.0. The predicted octanol–water partition coefficient (Wildman–Crippen LogP) is 3.59. The maximum Gasteiger partial charge on any atom is 0.310 e. The van der Waals surface area contributed by atoms with Crippen molar-refractivity contribution in [3.05, 3.63) is 59.4 Å². The number of methoxy groups -OCH3 is 1. The second kappa shape index (κ2) is 8.99. The van der Waals surface area contributed by atoms with Crippen LogP contribution in [0.3, 0.4) is 0 Å². The smallest absolute Gasteiger partial charge is 0.310 e. The molecule has 0 aliphatic carbocycles. The van der Waals surface area contributed by atoms with Gasteiger partial charge in [-0.3, -0.25) is 9.59 Å². The summed E-state index contributed by atoms with van der Waals surface area (Å²) in [6, 6.07) is 10.9. The van der Waals surface area contributed by atoms with Crippen LogP contribution in [0.15, 0.2) is 42.5 Å². The molecule has 0 N–H and O–H groups in total. The summed E-state index contributed by atoms with van der Waals surface area (Å²) in [5.74, 6) is -0.977. The Bertz CT molecular complexity index is 786. The van der Waals surface area contributed by atoms with E-state index in [1.165, 1.54) is 19.2 Å². The molecule has 5 nitrogen and oxygen atoms in total. The van der Waals surface area contributed by atoms with Crippen molar-refractivity contribution < 1.29 is 28.2 Å². The number of hydrogen-bond acceptors (Lipinski definition) is 5. The molecule has 138 valence electrons. The molecule has 2 aromatic rings. The molecule has 0 aliphatic rings. The Kier molecular flexibility index (Phi) is 6.72. The van der Waals surface area contributed by atoms with E-state index in [9.17, 15) is 14.0 Å². The Hall–Kier alpha value is -2.89. The van der Waals surface area contributed by atoms with E-state index in [2.05, 4.69) is 0 Å². The fourth-order valence-corrected chi connectivity index (χ4v) is 2.29. The Labute approximate surface area is 151 Å². The van der Waals surface area contributed by atoms with Gasteiger partial charge >= 0.3 is 5.97 Å². The molecule has 0 aromatic heterocycles. The van der Waals surface area contributed by atoms with E-state index in [4.69, 9.17) is 14.2 Å². The van der Waals surface area contributed by atoms with Crippen molar-refractivity contribution in [2.75, 3.05) is 13.7 Å². The minimum atomic E-state index is -0.647. The average Bonchev–Trinajstić information content (AvgIpc) is 2.59. The molecule has 0 spiro atoms. The number of hydrogen-bond donors (Lipinski definition) is 0. The molecule has 0 heterocycles. The van der Waals surface area contributed by atoms with Crippen LogP contribution in [0, 0.1) is 5.82 Å².